The molecule has 0 aliphatic carbocycles. The number of methoxy groups -OCH3 is 2. The molecule has 4 aromatic carbocycles. The Morgan fingerprint density at radius 2 is 1.04 bits per heavy atom. The molecular formula is C33H22N4O9. The number of carbonyl (C=O) groups is 1. The number of hydrogen-bond donors (Lipinski definition) is 2. The number of rotatable bonds is 8. The number of nitro benzene ring substituents is 2. The van der Waals surface area contributed by atoms with Crippen molar-refractivity contribution in [3.8, 4) is 45.5 Å². The van der Waals surface area contributed by atoms with Crippen molar-refractivity contribution in [2.24, 2.45) is 0 Å². The number of nitro groups is 2. The van der Waals surface area contributed by atoms with Crippen molar-refractivity contribution in [3.05, 3.63) is 116 Å². The maximum atomic E-state index is 14.7. The molecule has 0 fully saturated rings. The Hall–Kier alpha value is -6.63. The molecule has 0 aliphatic heterocycles. The quantitative estimate of drug-likeness (QED) is 0.106. The van der Waals surface area contributed by atoms with Crippen LogP contribution in [0.15, 0.2) is 84.9 Å². The highest BCUT2D eigenvalue weighted by atomic mass is 16.6. The van der Waals surface area contributed by atoms with Crippen LogP contribution in [0, 0.1) is 20.2 Å². The summed E-state index contributed by atoms with van der Waals surface area (Å²) in [6.07, 6.45) is 0. The maximum absolute atomic E-state index is 14.7. The van der Waals surface area contributed by atoms with Crippen LogP contribution in [0.2, 0.25) is 0 Å². The van der Waals surface area contributed by atoms with Crippen LogP contribution in [0.3, 0.4) is 0 Å². The van der Waals surface area contributed by atoms with Crippen molar-refractivity contribution < 1.29 is 34.3 Å². The Morgan fingerprint density at radius 1 is 0.652 bits per heavy atom. The number of para-hydroxylation sites is 2. The second-order valence-electron chi connectivity index (χ2n) is 10.1. The highest BCUT2D eigenvalue weighted by Gasteiger charge is 2.28. The third-order valence-corrected chi connectivity index (χ3v) is 7.43. The second-order valence-corrected chi connectivity index (χ2v) is 10.1. The van der Waals surface area contributed by atoms with Gasteiger partial charge < -0.3 is 19.7 Å². The Balaban J connectivity index is 1.67. The Bertz CT molecular complexity index is 2100. The first-order valence-corrected chi connectivity index (χ1v) is 13.6. The van der Waals surface area contributed by atoms with E-state index in [-0.39, 0.29) is 45.1 Å². The molecule has 6 aromatic rings. The number of hydrogen-bond acceptors (Lipinski definition) is 11. The van der Waals surface area contributed by atoms with E-state index >= 15 is 0 Å². The first kappa shape index (κ1) is 29.4. The first-order chi connectivity index (χ1) is 22.1. The summed E-state index contributed by atoms with van der Waals surface area (Å²) in [6.45, 7) is 0. The Kier molecular flexibility index (Phi) is 7.34. The normalized spacial score (nSPS) is 11.0. The van der Waals surface area contributed by atoms with Gasteiger partial charge in [0.25, 0.3) is 0 Å². The molecule has 0 spiro atoms. The topological polar surface area (TPSA) is 188 Å². The molecule has 46 heavy (non-hydrogen) atoms. The lowest BCUT2D eigenvalue weighted by atomic mass is 9.92. The van der Waals surface area contributed by atoms with Crippen molar-refractivity contribution in [2.45, 2.75) is 0 Å². The summed E-state index contributed by atoms with van der Waals surface area (Å²) in [4.78, 5) is 46.2. The third-order valence-electron chi connectivity index (χ3n) is 7.43. The zero-order valence-corrected chi connectivity index (χ0v) is 24.1. The van der Waals surface area contributed by atoms with Gasteiger partial charge in [-0.1, -0.05) is 36.4 Å². The number of fused-ring (bicyclic) bond motifs is 2. The van der Waals surface area contributed by atoms with E-state index in [4.69, 9.17) is 19.4 Å². The molecule has 0 radical (unpaired) electrons. The number of nitrogens with zero attached hydrogens (tertiary/aromatic N) is 4. The lowest BCUT2D eigenvalue weighted by Gasteiger charge is -2.15. The van der Waals surface area contributed by atoms with E-state index in [1.54, 1.807) is 60.7 Å². The van der Waals surface area contributed by atoms with Gasteiger partial charge in [0.05, 0.1) is 46.5 Å². The van der Waals surface area contributed by atoms with Gasteiger partial charge >= 0.3 is 11.4 Å². The summed E-state index contributed by atoms with van der Waals surface area (Å²) < 4.78 is 10.4. The summed E-state index contributed by atoms with van der Waals surface area (Å²) in [5.74, 6) is -2.38. The lowest BCUT2D eigenvalue weighted by Crippen LogP contribution is -2.09. The lowest BCUT2D eigenvalue weighted by molar-refractivity contribution is -0.386. The van der Waals surface area contributed by atoms with Gasteiger partial charge in [0.15, 0.2) is 17.3 Å². The first-order valence-electron chi connectivity index (χ1n) is 13.6. The minimum absolute atomic E-state index is 0.0271. The SMILES string of the molecule is COc1cc(-c2nc3ccccc3cc2C(=O)c2cc3ccccc3nc2-c2cc(OC)c(O)c([N+](=O)[O-])c2)cc([N+](=O)[O-])c1O. The van der Waals surface area contributed by atoms with Crippen molar-refractivity contribution in [2.75, 3.05) is 14.2 Å². The fourth-order valence-corrected chi connectivity index (χ4v) is 5.21. The number of pyridine rings is 2. The number of aromatic hydroxyl groups is 2. The van der Waals surface area contributed by atoms with Crippen LogP contribution in [0.5, 0.6) is 23.0 Å². The predicted molar refractivity (Wildman–Crippen MR) is 168 cm³/mol. The number of phenols is 2. The predicted octanol–water partition coefficient (Wildman–Crippen LogP) is 6.59. The van der Waals surface area contributed by atoms with Crippen LogP contribution >= 0.6 is 0 Å². The average molecular weight is 619 g/mol. The zero-order valence-electron chi connectivity index (χ0n) is 24.1. The molecule has 0 bridgehead atoms. The highest BCUT2D eigenvalue weighted by Crippen LogP contribution is 2.43. The molecule has 228 valence electrons. The third kappa shape index (κ3) is 5.01. The molecule has 0 saturated carbocycles. The molecule has 6 rings (SSSR count). The molecule has 0 unspecified atom stereocenters. The summed E-state index contributed by atoms with van der Waals surface area (Å²) in [5, 5.41) is 45.6. The standard InChI is InChI=1S/C33H22N4O9/c1-45-27-15-19(13-25(32(27)39)36(41)42)29-21(11-17-7-3-5-9-23(17)34-29)31(38)22-12-18-8-4-6-10-24(18)35-30(22)20-14-26(37(43)44)33(40)28(16-20)46-2/h3-16,39-40H,1-2H3. The average Bonchev–Trinajstić information content (AvgIpc) is 3.06. The Labute approximate surface area is 259 Å². The van der Waals surface area contributed by atoms with Crippen LogP contribution < -0.4 is 9.47 Å². The van der Waals surface area contributed by atoms with Crippen molar-refractivity contribution in [1.82, 2.24) is 9.97 Å². The van der Waals surface area contributed by atoms with Crippen LogP contribution in [-0.2, 0) is 0 Å². The molecule has 2 aromatic heterocycles. The zero-order chi connectivity index (χ0) is 32.7. The van der Waals surface area contributed by atoms with Crippen LogP contribution in [0.4, 0.5) is 11.4 Å². The van der Waals surface area contributed by atoms with E-state index in [1.165, 1.54) is 26.4 Å². The van der Waals surface area contributed by atoms with Gasteiger partial charge in [0, 0.05) is 45.2 Å². The summed E-state index contributed by atoms with van der Waals surface area (Å²) in [6, 6.07) is 22.0. The monoisotopic (exact) mass is 618 g/mol. The number of carbonyl (C=O) groups excluding carboxylic acids is 1. The van der Waals surface area contributed by atoms with Crippen molar-refractivity contribution in [1.29, 1.82) is 0 Å². The van der Waals surface area contributed by atoms with E-state index in [1.807, 2.05) is 0 Å². The Morgan fingerprint density at radius 3 is 1.41 bits per heavy atom. The highest BCUT2D eigenvalue weighted by molar-refractivity contribution is 6.17. The van der Waals surface area contributed by atoms with Gasteiger partial charge in [0.1, 0.15) is 0 Å². The van der Waals surface area contributed by atoms with Crippen LogP contribution in [0.1, 0.15) is 15.9 Å². The van der Waals surface area contributed by atoms with E-state index < -0.39 is 38.5 Å². The number of ether oxygens (including phenoxy) is 2. The molecule has 2 heterocycles. The molecule has 2 N–H and O–H groups in total. The van der Waals surface area contributed by atoms with Gasteiger partial charge in [-0.3, -0.25) is 25.0 Å². The molecule has 0 atom stereocenters. The van der Waals surface area contributed by atoms with Crippen molar-refractivity contribution in [3.63, 3.8) is 0 Å². The molecular weight excluding hydrogens is 596 g/mol. The number of benzene rings is 4. The fraction of sp³-hybridized carbons (Fsp3) is 0.0606. The van der Waals surface area contributed by atoms with Gasteiger partial charge in [-0.25, -0.2) is 9.97 Å². The smallest absolute Gasteiger partial charge is 0.315 e. The van der Waals surface area contributed by atoms with E-state index in [2.05, 4.69) is 0 Å². The molecule has 0 saturated heterocycles. The molecule has 0 amide bonds. The van der Waals surface area contributed by atoms with E-state index in [0.29, 0.717) is 21.8 Å². The number of aromatic nitrogens is 2. The minimum atomic E-state index is -0.777. The van der Waals surface area contributed by atoms with Gasteiger partial charge in [-0.05, 0) is 36.4 Å². The molecule has 13 heteroatoms. The van der Waals surface area contributed by atoms with E-state index in [9.17, 15) is 35.2 Å². The molecule has 13 nitrogen and oxygen atoms in total. The van der Waals surface area contributed by atoms with Gasteiger partial charge in [-0.2, -0.15) is 0 Å². The summed E-state index contributed by atoms with van der Waals surface area (Å²) >= 11 is 0. The summed E-state index contributed by atoms with van der Waals surface area (Å²) in [5.41, 5.74) is 0.0634. The maximum Gasteiger partial charge on any atom is 0.315 e. The molecule has 0 aliphatic rings. The largest absolute Gasteiger partial charge is 0.500 e. The number of ketones is 1. The fourth-order valence-electron chi connectivity index (χ4n) is 5.21. The minimum Gasteiger partial charge on any atom is -0.500 e. The van der Waals surface area contributed by atoms with Crippen LogP contribution in [0.25, 0.3) is 44.3 Å². The van der Waals surface area contributed by atoms with Gasteiger partial charge in [-0.15, -0.1) is 0 Å². The van der Waals surface area contributed by atoms with Crippen molar-refractivity contribution >= 4 is 39.0 Å². The second kappa shape index (κ2) is 11.5. The summed E-state index contributed by atoms with van der Waals surface area (Å²) in [7, 11) is 2.47. The number of phenolic OH excluding ortho intramolecular Hbond substituents is 2. The van der Waals surface area contributed by atoms with Crippen LogP contribution in [-0.4, -0.2) is 50.0 Å². The van der Waals surface area contributed by atoms with E-state index in [0.717, 1.165) is 12.1 Å². The van der Waals surface area contributed by atoms with Gasteiger partial charge in [0.2, 0.25) is 11.5 Å².